The summed E-state index contributed by atoms with van der Waals surface area (Å²) < 4.78 is 1.95. The van der Waals surface area contributed by atoms with Gasteiger partial charge in [0.25, 0.3) is 17.4 Å². The van der Waals surface area contributed by atoms with E-state index in [9.17, 15) is 24.8 Å². The van der Waals surface area contributed by atoms with E-state index in [0.717, 1.165) is 42.1 Å². The van der Waals surface area contributed by atoms with Crippen molar-refractivity contribution >= 4 is 34.0 Å². The van der Waals surface area contributed by atoms with Gasteiger partial charge in [-0.25, -0.2) is 0 Å². The van der Waals surface area contributed by atoms with Crippen molar-refractivity contribution in [2.24, 2.45) is 7.05 Å². The summed E-state index contributed by atoms with van der Waals surface area (Å²) in [5.41, 5.74) is 1.90. The fourth-order valence-electron chi connectivity index (χ4n) is 5.20. The van der Waals surface area contributed by atoms with Gasteiger partial charge in [-0.15, -0.1) is 0 Å². The van der Waals surface area contributed by atoms with Gasteiger partial charge in [-0.3, -0.25) is 19.7 Å². The lowest BCUT2D eigenvalue weighted by Crippen LogP contribution is -2.37. The van der Waals surface area contributed by atoms with Crippen molar-refractivity contribution in [1.82, 2.24) is 9.47 Å². The van der Waals surface area contributed by atoms with E-state index in [4.69, 9.17) is 0 Å². The van der Waals surface area contributed by atoms with Crippen LogP contribution in [0, 0.1) is 10.1 Å². The van der Waals surface area contributed by atoms with Gasteiger partial charge in [-0.05, 0) is 31.0 Å². The summed E-state index contributed by atoms with van der Waals surface area (Å²) >= 11 is 0. The molecular weight excluding hydrogens is 422 g/mol. The molecule has 8 nitrogen and oxygen atoms in total. The number of nitro benzene ring substituents is 1. The summed E-state index contributed by atoms with van der Waals surface area (Å²) in [5, 5.41) is 23.1. The molecule has 3 aromatic rings. The maximum Gasteiger partial charge on any atom is 0.295 e. The normalized spacial score (nSPS) is 20.8. The zero-order chi connectivity index (χ0) is 23.3. The van der Waals surface area contributed by atoms with E-state index in [1.54, 1.807) is 4.90 Å². The minimum atomic E-state index is -0.727. The lowest BCUT2D eigenvalue weighted by molar-refractivity contribution is -0.384. The Morgan fingerprint density at radius 2 is 1.73 bits per heavy atom. The van der Waals surface area contributed by atoms with Crippen LogP contribution in [0.5, 0.6) is 0 Å². The number of hydrogen-bond acceptors (Lipinski definition) is 5. The van der Waals surface area contributed by atoms with Crippen LogP contribution in [0.1, 0.15) is 42.9 Å². The molecule has 1 aromatic heterocycles. The van der Waals surface area contributed by atoms with Gasteiger partial charge < -0.3 is 14.6 Å². The van der Waals surface area contributed by atoms with Crippen LogP contribution in [0.3, 0.4) is 0 Å². The molecule has 168 valence electrons. The van der Waals surface area contributed by atoms with Gasteiger partial charge in [0, 0.05) is 53.4 Å². The van der Waals surface area contributed by atoms with Crippen LogP contribution in [0.2, 0.25) is 0 Å². The number of fused-ring (bicyclic) bond motifs is 1. The number of hydrogen-bond donors (Lipinski definition) is 1. The maximum absolute atomic E-state index is 13.3. The first-order chi connectivity index (χ1) is 15.9. The molecule has 1 aliphatic heterocycles. The van der Waals surface area contributed by atoms with E-state index >= 15 is 0 Å². The molecule has 1 atom stereocenters. The van der Waals surface area contributed by atoms with Crippen molar-refractivity contribution in [3.8, 4) is 0 Å². The molecule has 5 rings (SSSR count). The molecule has 2 fully saturated rings. The molecule has 2 heterocycles. The number of rotatable bonds is 4. The number of aliphatic hydroxyl groups excluding tert-OH is 1. The lowest BCUT2D eigenvalue weighted by Gasteiger charge is -2.30. The van der Waals surface area contributed by atoms with Crippen molar-refractivity contribution in [3.05, 3.63) is 81.5 Å². The van der Waals surface area contributed by atoms with Crippen LogP contribution in [0.4, 0.5) is 5.69 Å². The topological polar surface area (TPSA) is 106 Å². The number of aryl methyl sites for hydroxylation is 1. The van der Waals surface area contributed by atoms with E-state index < -0.39 is 22.7 Å². The molecule has 1 unspecified atom stereocenters. The molecule has 0 spiro atoms. The second-order valence-corrected chi connectivity index (χ2v) is 8.66. The number of amides is 1. The number of likely N-dealkylation sites (tertiary alicyclic amines) is 1. The monoisotopic (exact) mass is 445 g/mol. The third-order valence-corrected chi connectivity index (χ3v) is 6.77. The molecule has 1 saturated carbocycles. The van der Waals surface area contributed by atoms with Crippen molar-refractivity contribution < 1.29 is 19.6 Å². The molecule has 1 N–H and O–H groups in total. The van der Waals surface area contributed by atoms with Gasteiger partial charge in [-0.1, -0.05) is 31.0 Å². The number of carbonyl (C=O) groups is 2. The third-order valence-electron chi connectivity index (χ3n) is 6.77. The largest absolute Gasteiger partial charge is 0.507 e. The quantitative estimate of drug-likeness (QED) is 0.210. The number of Topliss-reactive ketones (excluding diaryl/α,β-unsaturated/α-hetero) is 1. The standard InChI is InChI=1S/C25H23N3O5/c1-26-14-19(18-8-4-5-9-20(18)26)22-21(23(29)15-10-12-17(13-11-15)28(32)33)24(30)25(31)27(22)16-6-2-3-7-16/h4-5,8-14,16,22,29H,2-3,6-7H2,1H3/b23-21+. The fraction of sp³-hybridized carbons (Fsp3) is 0.280. The molecule has 0 bridgehead atoms. The molecule has 1 aliphatic carbocycles. The summed E-state index contributed by atoms with van der Waals surface area (Å²) in [6, 6.07) is 12.3. The molecule has 1 amide bonds. The van der Waals surface area contributed by atoms with Gasteiger partial charge in [0.1, 0.15) is 5.76 Å². The molecule has 1 saturated heterocycles. The molecule has 2 aliphatic rings. The Hall–Kier alpha value is -3.94. The summed E-state index contributed by atoms with van der Waals surface area (Å²) in [6.07, 6.45) is 5.50. The first-order valence-corrected chi connectivity index (χ1v) is 11.0. The van der Waals surface area contributed by atoms with Gasteiger partial charge in [-0.2, -0.15) is 0 Å². The third kappa shape index (κ3) is 3.29. The Balaban J connectivity index is 1.72. The van der Waals surface area contributed by atoms with Gasteiger partial charge >= 0.3 is 0 Å². The summed E-state index contributed by atoms with van der Waals surface area (Å²) in [4.78, 5) is 38.6. The minimum Gasteiger partial charge on any atom is -0.507 e. The zero-order valence-electron chi connectivity index (χ0n) is 18.1. The highest BCUT2D eigenvalue weighted by Crippen LogP contribution is 2.45. The first-order valence-electron chi connectivity index (χ1n) is 11.0. The highest BCUT2D eigenvalue weighted by molar-refractivity contribution is 6.46. The van der Waals surface area contributed by atoms with Gasteiger partial charge in [0.05, 0.1) is 16.5 Å². The predicted octanol–water partition coefficient (Wildman–Crippen LogP) is 4.45. The molecule has 33 heavy (non-hydrogen) atoms. The Labute approximate surface area is 189 Å². The van der Waals surface area contributed by atoms with Crippen LogP contribution in [-0.4, -0.2) is 37.2 Å². The molecule has 8 heteroatoms. The van der Waals surface area contributed by atoms with Crippen molar-refractivity contribution in [3.63, 3.8) is 0 Å². The number of para-hydroxylation sites is 1. The Bertz CT molecular complexity index is 1320. The molecular formula is C25H23N3O5. The van der Waals surface area contributed by atoms with Gasteiger partial charge in [0.15, 0.2) is 0 Å². The van der Waals surface area contributed by atoms with Crippen molar-refractivity contribution in [2.75, 3.05) is 0 Å². The highest BCUT2D eigenvalue weighted by atomic mass is 16.6. The van der Waals surface area contributed by atoms with E-state index in [-0.39, 0.29) is 28.6 Å². The van der Waals surface area contributed by atoms with Crippen LogP contribution in [0.25, 0.3) is 16.7 Å². The van der Waals surface area contributed by atoms with Gasteiger partial charge in [0.2, 0.25) is 0 Å². The van der Waals surface area contributed by atoms with Crippen LogP contribution in [0.15, 0.2) is 60.3 Å². The van der Waals surface area contributed by atoms with E-state index in [0.29, 0.717) is 0 Å². The fourth-order valence-corrected chi connectivity index (χ4v) is 5.20. The number of benzene rings is 2. The number of non-ortho nitro benzene ring substituents is 1. The number of nitrogens with zero attached hydrogens (tertiary/aromatic N) is 3. The lowest BCUT2D eigenvalue weighted by atomic mass is 9.94. The summed E-state index contributed by atoms with van der Waals surface area (Å²) in [6.45, 7) is 0. The number of ketones is 1. The summed E-state index contributed by atoms with van der Waals surface area (Å²) in [5.74, 6) is -1.65. The first kappa shape index (κ1) is 20.9. The average Bonchev–Trinajstić information content (AvgIpc) is 3.52. The number of aromatic nitrogens is 1. The van der Waals surface area contributed by atoms with Crippen LogP contribution >= 0.6 is 0 Å². The van der Waals surface area contributed by atoms with E-state index in [2.05, 4.69) is 0 Å². The maximum atomic E-state index is 13.3. The second-order valence-electron chi connectivity index (χ2n) is 8.66. The molecule has 0 radical (unpaired) electrons. The average molecular weight is 445 g/mol. The molecule has 2 aromatic carbocycles. The Morgan fingerprint density at radius 3 is 2.39 bits per heavy atom. The van der Waals surface area contributed by atoms with E-state index in [1.165, 1.54) is 24.3 Å². The van der Waals surface area contributed by atoms with Crippen LogP contribution < -0.4 is 0 Å². The smallest absolute Gasteiger partial charge is 0.295 e. The predicted molar refractivity (Wildman–Crippen MR) is 122 cm³/mol. The SMILES string of the molecule is Cn1cc(C2/C(=C(\O)c3ccc([N+](=O)[O-])cc3)C(=O)C(=O)N2C2CCCC2)c2ccccc21. The van der Waals surface area contributed by atoms with Crippen LogP contribution in [-0.2, 0) is 16.6 Å². The second kappa shape index (κ2) is 7.88. The number of carbonyl (C=O) groups excluding carboxylic acids is 2. The number of aliphatic hydroxyl groups is 1. The Morgan fingerprint density at radius 1 is 1.06 bits per heavy atom. The van der Waals surface area contributed by atoms with Crippen molar-refractivity contribution in [2.45, 2.75) is 37.8 Å². The Kier molecular flexibility index (Phi) is 5.00. The highest BCUT2D eigenvalue weighted by Gasteiger charge is 2.50. The van der Waals surface area contributed by atoms with Crippen molar-refractivity contribution in [1.29, 1.82) is 0 Å². The zero-order valence-corrected chi connectivity index (χ0v) is 18.1. The summed E-state index contributed by atoms with van der Waals surface area (Å²) in [7, 11) is 1.91. The van der Waals surface area contributed by atoms with E-state index in [1.807, 2.05) is 42.1 Å². The number of nitro groups is 1. The minimum absolute atomic E-state index is 0.0251.